The number of guanidine groups is 1. The van der Waals surface area contributed by atoms with Crippen molar-refractivity contribution in [3.8, 4) is 0 Å². The number of carbonyl (C=O) groups is 1. The molecule has 2 unspecified atom stereocenters. The first kappa shape index (κ1) is 21.7. The van der Waals surface area contributed by atoms with E-state index in [0.717, 1.165) is 71.0 Å². The highest BCUT2D eigenvalue weighted by Gasteiger charge is 2.32. The number of nitrogens with one attached hydrogen (secondary N) is 1. The Morgan fingerprint density at radius 2 is 1.85 bits per heavy atom. The molecule has 0 saturated carbocycles. The van der Waals surface area contributed by atoms with Crippen LogP contribution in [-0.4, -0.2) is 86.4 Å². The molecule has 0 bridgehead atoms. The minimum absolute atomic E-state index is 0. The number of nitrogens with zero attached hydrogens (tertiary/aromatic N) is 3. The molecule has 3 rings (SSSR count). The molecule has 3 aliphatic rings. The van der Waals surface area contributed by atoms with E-state index >= 15 is 0 Å². The zero-order valence-corrected chi connectivity index (χ0v) is 18.2. The Bertz CT molecular complexity index is 465. The van der Waals surface area contributed by atoms with Crippen molar-refractivity contribution >= 4 is 35.8 Å². The summed E-state index contributed by atoms with van der Waals surface area (Å²) in [7, 11) is 0. The predicted molar refractivity (Wildman–Crippen MR) is 112 cm³/mol. The molecule has 2 atom stereocenters. The molecular weight excluding hydrogens is 447 g/mol. The molecule has 1 amide bonds. The second-order valence-corrected chi connectivity index (χ2v) is 6.98. The predicted octanol–water partition coefficient (Wildman–Crippen LogP) is 1.46. The van der Waals surface area contributed by atoms with Crippen molar-refractivity contribution in [1.29, 1.82) is 0 Å². The van der Waals surface area contributed by atoms with Crippen molar-refractivity contribution in [2.45, 2.75) is 51.2 Å². The number of ether oxygens (including phenoxy) is 2. The van der Waals surface area contributed by atoms with Crippen LogP contribution in [0.4, 0.5) is 0 Å². The molecule has 3 heterocycles. The van der Waals surface area contributed by atoms with Gasteiger partial charge in [-0.05, 0) is 32.6 Å². The average molecular weight is 480 g/mol. The minimum Gasteiger partial charge on any atom is -0.375 e. The normalized spacial score (nSPS) is 26.7. The van der Waals surface area contributed by atoms with E-state index in [4.69, 9.17) is 14.5 Å². The van der Waals surface area contributed by atoms with Crippen LogP contribution in [0.15, 0.2) is 4.99 Å². The third-order valence-electron chi connectivity index (χ3n) is 5.15. The lowest BCUT2D eigenvalue weighted by atomic mass is 10.1. The van der Waals surface area contributed by atoms with E-state index in [-0.39, 0.29) is 42.1 Å². The SMILES string of the molecule is CCNC(=NCCC(=O)N1CCCC1)N1CCOC(C2CCCO2)C1.I. The van der Waals surface area contributed by atoms with Crippen molar-refractivity contribution in [2.75, 3.05) is 52.5 Å². The third-order valence-corrected chi connectivity index (χ3v) is 5.15. The van der Waals surface area contributed by atoms with Crippen molar-refractivity contribution in [3.63, 3.8) is 0 Å². The number of amides is 1. The molecule has 150 valence electrons. The van der Waals surface area contributed by atoms with Crippen molar-refractivity contribution in [1.82, 2.24) is 15.1 Å². The highest BCUT2D eigenvalue weighted by atomic mass is 127. The van der Waals surface area contributed by atoms with Gasteiger partial charge in [-0.3, -0.25) is 9.79 Å². The Balaban J connectivity index is 0.00000243. The van der Waals surface area contributed by atoms with Crippen LogP contribution < -0.4 is 5.32 Å². The van der Waals surface area contributed by atoms with Gasteiger partial charge in [-0.1, -0.05) is 0 Å². The van der Waals surface area contributed by atoms with Gasteiger partial charge in [0.15, 0.2) is 5.96 Å². The molecule has 0 spiro atoms. The van der Waals surface area contributed by atoms with Crippen molar-refractivity contribution < 1.29 is 14.3 Å². The van der Waals surface area contributed by atoms with Crippen LogP contribution in [0.25, 0.3) is 0 Å². The first-order chi connectivity index (χ1) is 12.3. The topological polar surface area (TPSA) is 66.4 Å². The molecule has 8 heteroatoms. The van der Waals surface area contributed by atoms with Crippen LogP contribution in [-0.2, 0) is 14.3 Å². The summed E-state index contributed by atoms with van der Waals surface area (Å²) in [6.07, 6.45) is 5.29. The van der Waals surface area contributed by atoms with E-state index in [9.17, 15) is 4.79 Å². The lowest BCUT2D eigenvalue weighted by Crippen LogP contribution is -2.53. The molecule has 7 nitrogen and oxygen atoms in total. The van der Waals surface area contributed by atoms with Gasteiger partial charge in [0.05, 0.1) is 19.3 Å². The maximum atomic E-state index is 12.2. The molecule has 3 saturated heterocycles. The van der Waals surface area contributed by atoms with E-state index < -0.39 is 0 Å². The van der Waals surface area contributed by atoms with Crippen LogP contribution >= 0.6 is 24.0 Å². The van der Waals surface area contributed by atoms with Crippen molar-refractivity contribution in [3.05, 3.63) is 0 Å². The maximum absolute atomic E-state index is 12.2. The van der Waals surface area contributed by atoms with Crippen molar-refractivity contribution in [2.24, 2.45) is 4.99 Å². The molecule has 0 aromatic rings. The number of halogens is 1. The van der Waals surface area contributed by atoms with Crippen LogP contribution in [0, 0.1) is 0 Å². The molecule has 26 heavy (non-hydrogen) atoms. The Labute approximate surface area is 173 Å². The fraction of sp³-hybridized carbons (Fsp3) is 0.889. The molecular formula is C18H33IN4O3. The van der Waals surface area contributed by atoms with Gasteiger partial charge < -0.3 is 24.6 Å². The Kier molecular flexibility index (Phi) is 9.41. The molecule has 3 fully saturated rings. The second-order valence-electron chi connectivity index (χ2n) is 6.98. The Morgan fingerprint density at radius 1 is 1.08 bits per heavy atom. The highest BCUT2D eigenvalue weighted by molar-refractivity contribution is 14.0. The average Bonchev–Trinajstić information content (AvgIpc) is 3.34. The van der Waals surface area contributed by atoms with Gasteiger partial charge in [-0.25, -0.2) is 0 Å². The third kappa shape index (κ3) is 5.95. The standard InChI is InChI=1S/C18H32N4O3.HI/c1-2-19-18(20-8-7-17(23)21-9-3-4-10-21)22-11-13-25-16(14-22)15-6-5-12-24-15;/h15-16H,2-14H2,1H3,(H,19,20);1H. The second kappa shape index (κ2) is 11.3. The van der Waals surface area contributed by atoms with E-state index in [1.807, 2.05) is 4.90 Å². The van der Waals surface area contributed by atoms with Gasteiger partial charge >= 0.3 is 0 Å². The Hall–Kier alpha value is -0.610. The minimum atomic E-state index is 0. The molecule has 0 aromatic heterocycles. The maximum Gasteiger partial charge on any atom is 0.224 e. The van der Waals surface area contributed by atoms with Crippen LogP contribution in [0.2, 0.25) is 0 Å². The van der Waals surface area contributed by atoms with Gasteiger partial charge in [0.2, 0.25) is 5.91 Å². The molecule has 3 aliphatic heterocycles. The van der Waals surface area contributed by atoms with Gasteiger partial charge in [0.1, 0.15) is 6.10 Å². The molecule has 0 radical (unpaired) electrons. The number of hydrogen-bond acceptors (Lipinski definition) is 4. The molecule has 0 aromatic carbocycles. The van der Waals surface area contributed by atoms with E-state index in [0.29, 0.717) is 19.6 Å². The van der Waals surface area contributed by atoms with Crippen LogP contribution in [0.3, 0.4) is 0 Å². The lowest BCUT2D eigenvalue weighted by molar-refractivity contribution is -0.129. The fourth-order valence-electron chi connectivity index (χ4n) is 3.80. The number of aliphatic imine (C=N–C) groups is 1. The monoisotopic (exact) mass is 480 g/mol. The van der Waals surface area contributed by atoms with Gasteiger partial charge in [0, 0.05) is 45.8 Å². The zero-order valence-electron chi connectivity index (χ0n) is 15.8. The summed E-state index contributed by atoms with van der Waals surface area (Å²) < 4.78 is 11.7. The lowest BCUT2D eigenvalue weighted by Gasteiger charge is -2.37. The Morgan fingerprint density at radius 3 is 2.54 bits per heavy atom. The smallest absolute Gasteiger partial charge is 0.224 e. The number of morpholine rings is 1. The van der Waals surface area contributed by atoms with Gasteiger partial charge in [-0.2, -0.15) is 0 Å². The summed E-state index contributed by atoms with van der Waals surface area (Å²) in [5, 5.41) is 3.36. The first-order valence-electron chi connectivity index (χ1n) is 9.82. The number of likely N-dealkylation sites (tertiary alicyclic amines) is 1. The van der Waals surface area contributed by atoms with E-state index in [1.54, 1.807) is 0 Å². The quantitative estimate of drug-likeness (QED) is 0.367. The van der Waals surface area contributed by atoms with Crippen LogP contribution in [0.5, 0.6) is 0 Å². The zero-order chi connectivity index (χ0) is 17.5. The van der Waals surface area contributed by atoms with Crippen LogP contribution in [0.1, 0.15) is 39.0 Å². The van der Waals surface area contributed by atoms with E-state index in [2.05, 4.69) is 17.1 Å². The highest BCUT2D eigenvalue weighted by Crippen LogP contribution is 2.21. The summed E-state index contributed by atoms with van der Waals surface area (Å²) in [6.45, 7) is 8.43. The largest absolute Gasteiger partial charge is 0.375 e. The fourth-order valence-corrected chi connectivity index (χ4v) is 3.80. The summed E-state index contributed by atoms with van der Waals surface area (Å²) in [5.74, 6) is 1.12. The first-order valence-corrected chi connectivity index (χ1v) is 9.82. The summed E-state index contributed by atoms with van der Waals surface area (Å²) in [4.78, 5) is 21.1. The number of rotatable bonds is 5. The molecule has 0 aliphatic carbocycles. The van der Waals surface area contributed by atoms with Gasteiger partial charge in [0.25, 0.3) is 0 Å². The van der Waals surface area contributed by atoms with E-state index in [1.165, 1.54) is 0 Å². The summed E-state index contributed by atoms with van der Waals surface area (Å²) in [6, 6.07) is 0. The summed E-state index contributed by atoms with van der Waals surface area (Å²) >= 11 is 0. The number of hydrogen-bond donors (Lipinski definition) is 1. The summed E-state index contributed by atoms with van der Waals surface area (Å²) in [5.41, 5.74) is 0. The molecule has 1 N–H and O–H groups in total. The number of carbonyl (C=O) groups excluding carboxylic acids is 1. The van der Waals surface area contributed by atoms with Gasteiger partial charge in [-0.15, -0.1) is 24.0 Å².